The van der Waals surface area contributed by atoms with Crippen LogP contribution in [0.4, 0.5) is 0 Å². The maximum Gasteiger partial charge on any atom is 0.227 e. The first-order chi connectivity index (χ1) is 9.78. The SMILES string of the molecule is CNC(=O)C1(C)CCN(CC(=O)c2cc(C)n(C)c2C)C1. The van der Waals surface area contributed by atoms with Crippen molar-refractivity contribution in [3.63, 3.8) is 0 Å². The van der Waals surface area contributed by atoms with Gasteiger partial charge in [0.25, 0.3) is 0 Å². The van der Waals surface area contributed by atoms with E-state index in [1.54, 1.807) is 7.05 Å². The van der Waals surface area contributed by atoms with Gasteiger partial charge in [-0.25, -0.2) is 0 Å². The Balaban J connectivity index is 2.05. The molecule has 1 aromatic heterocycles. The van der Waals surface area contributed by atoms with E-state index in [2.05, 4.69) is 10.2 Å². The molecule has 1 amide bonds. The summed E-state index contributed by atoms with van der Waals surface area (Å²) in [6.07, 6.45) is 0.798. The van der Waals surface area contributed by atoms with E-state index in [1.165, 1.54) is 0 Å². The summed E-state index contributed by atoms with van der Waals surface area (Å²) in [7, 11) is 3.64. The minimum Gasteiger partial charge on any atom is -0.359 e. The lowest BCUT2D eigenvalue weighted by atomic mass is 9.89. The topological polar surface area (TPSA) is 54.3 Å². The maximum atomic E-state index is 12.5. The molecule has 1 aliphatic heterocycles. The van der Waals surface area contributed by atoms with Crippen LogP contribution < -0.4 is 5.32 Å². The van der Waals surface area contributed by atoms with Crippen LogP contribution >= 0.6 is 0 Å². The molecule has 0 aliphatic carbocycles. The van der Waals surface area contributed by atoms with Gasteiger partial charge in [0.2, 0.25) is 5.91 Å². The lowest BCUT2D eigenvalue weighted by molar-refractivity contribution is -0.129. The molecule has 5 heteroatoms. The summed E-state index contributed by atoms with van der Waals surface area (Å²) in [4.78, 5) is 26.5. The van der Waals surface area contributed by atoms with Crippen LogP contribution in [0.3, 0.4) is 0 Å². The zero-order valence-electron chi connectivity index (χ0n) is 13.6. The average Bonchev–Trinajstić information content (AvgIpc) is 2.94. The van der Waals surface area contributed by atoms with Crippen LogP contribution in [0.25, 0.3) is 0 Å². The molecule has 5 nitrogen and oxygen atoms in total. The highest BCUT2D eigenvalue weighted by Crippen LogP contribution is 2.30. The lowest BCUT2D eigenvalue weighted by Crippen LogP contribution is -2.40. The van der Waals surface area contributed by atoms with Gasteiger partial charge in [-0.1, -0.05) is 0 Å². The quantitative estimate of drug-likeness (QED) is 0.850. The lowest BCUT2D eigenvalue weighted by Gasteiger charge is -2.22. The summed E-state index contributed by atoms with van der Waals surface area (Å²) in [6.45, 7) is 7.76. The van der Waals surface area contributed by atoms with Crippen molar-refractivity contribution in [3.8, 4) is 0 Å². The molecule has 0 saturated carbocycles. The fourth-order valence-electron chi connectivity index (χ4n) is 3.10. The van der Waals surface area contributed by atoms with Gasteiger partial charge in [-0.2, -0.15) is 0 Å². The number of rotatable bonds is 4. The molecule has 21 heavy (non-hydrogen) atoms. The molecule has 0 spiro atoms. The van der Waals surface area contributed by atoms with Crippen LogP contribution in [-0.2, 0) is 11.8 Å². The molecular weight excluding hydrogens is 266 g/mol. The van der Waals surface area contributed by atoms with E-state index in [0.717, 1.165) is 29.9 Å². The monoisotopic (exact) mass is 291 g/mol. The van der Waals surface area contributed by atoms with Crippen LogP contribution in [0, 0.1) is 19.3 Å². The van der Waals surface area contributed by atoms with Crippen LogP contribution in [0.1, 0.15) is 35.1 Å². The maximum absolute atomic E-state index is 12.5. The van der Waals surface area contributed by atoms with Crippen molar-refractivity contribution in [2.24, 2.45) is 12.5 Å². The zero-order chi connectivity index (χ0) is 15.8. The highest BCUT2D eigenvalue weighted by Gasteiger charge is 2.40. The van der Waals surface area contributed by atoms with Gasteiger partial charge in [0.05, 0.1) is 12.0 Å². The Labute approximate surface area is 126 Å². The second-order valence-electron chi connectivity index (χ2n) is 6.37. The zero-order valence-corrected chi connectivity index (χ0v) is 13.6. The van der Waals surface area contributed by atoms with E-state index in [0.29, 0.717) is 13.1 Å². The Hall–Kier alpha value is -1.62. The first kappa shape index (κ1) is 15.8. The van der Waals surface area contributed by atoms with Crippen molar-refractivity contribution in [1.82, 2.24) is 14.8 Å². The van der Waals surface area contributed by atoms with Crippen molar-refractivity contribution in [1.29, 1.82) is 0 Å². The van der Waals surface area contributed by atoms with Gasteiger partial charge in [0.15, 0.2) is 5.78 Å². The Morgan fingerprint density at radius 2 is 2.05 bits per heavy atom. The van der Waals surface area contributed by atoms with Gasteiger partial charge in [-0.05, 0) is 39.8 Å². The Bertz CT molecular complexity index is 576. The highest BCUT2D eigenvalue weighted by molar-refractivity contribution is 5.99. The number of hydrogen-bond donors (Lipinski definition) is 1. The summed E-state index contributed by atoms with van der Waals surface area (Å²) in [6, 6.07) is 1.95. The van der Waals surface area contributed by atoms with E-state index >= 15 is 0 Å². The molecule has 1 aromatic rings. The van der Waals surface area contributed by atoms with Crippen LogP contribution in [0.2, 0.25) is 0 Å². The molecule has 1 atom stereocenters. The highest BCUT2D eigenvalue weighted by atomic mass is 16.2. The summed E-state index contributed by atoms with van der Waals surface area (Å²) in [5.41, 5.74) is 2.51. The Kier molecular flexibility index (Phi) is 4.23. The Morgan fingerprint density at radius 3 is 2.57 bits per heavy atom. The smallest absolute Gasteiger partial charge is 0.227 e. The largest absolute Gasteiger partial charge is 0.359 e. The number of ketones is 1. The van der Waals surface area contributed by atoms with Gasteiger partial charge in [-0.3, -0.25) is 14.5 Å². The van der Waals surface area contributed by atoms with Gasteiger partial charge >= 0.3 is 0 Å². The van der Waals surface area contributed by atoms with Crippen molar-refractivity contribution in [3.05, 3.63) is 23.0 Å². The number of amides is 1. The molecule has 1 saturated heterocycles. The van der Waals surface area contributed by atoms with E-state index < -0.39 is 0 Å². The molecular formula is C16H25N3O2. The second kappa shape index (κ2) is 5.64. The van der Waals surface area contributed by atoms with Crippen LogP contribution in [0.5, 0.6) is 0 Å². The standard InChI is InChI=1S/C16H25N3O2/c1-11-8-13(12(2)18(11)5)14(20)9-19-7-6-16(3,10-19)15(21)17-4/h8H,6-7,9-10H2,1-5H3,(H,17,21). The molecule has 1 unspecified atom stereocenters. The minimum absolute atomic E-state index is 0.0594. The normalized spacial score (nSPS) is 22.5. The number of nitrogens with zero attached hydrogens (tertiary/aromatic N) is 2. The molecule has 1 fully saturated rings. The van der Waals surface area contributed by atoms with E-state index in [4.69, 9.17) is 0 Å². The third kappa shape index (κ3) is 2.88. The summed E-state index contributed by atoms with van der Waals surface area (Å²) < 4.78 is 2.03. The molecule has 0 aromatic carbocycles. The second-order valence-corrected chi connectivity index (χ2v) is 6.37. The van der Waals surface area contributed by atoms with Crippen molar-refractivity contribution in [2.75, 3.05) is 26.7 Å². The number of aromatic nitrogens is 1. The summed E-state index contributed by atoms with van der Waals surface area (Å²) >= 11 is 0. The predicted molar refractivity (Wildman–Crippen MR) is 82.4 cm³/mol. The first-order valence-corrected chi connectivity index (χ1v) is 7.39. The molecule has 1 N–H and O–H groups in total. The van der Waals surface area contributed by atoms with Crippen molar-refractivity contribution in [2.45, 2.75) is 27.2 Å². The molecule has 2 rings (SSSR count). The number of nitrogens with one attached hydrogen (secondary N) is 1. The van der Waals surface area contributed by atoms with E-state index in [1.807, 2.05) is 38.5 Å². The fourth-order valence-corrected chi connectivity index (χ4v) is 3.10. The minimum atomic E-state index is -0.378. The number of hydrogen-bond acceptors (Lipinski definition) is 3. The number of carbonyl (C=O) groups is 2. The summed E-state index contributed by atoms with van der Waals surface area (Å²) in [5, 5.41) is 2.72. The van der Waals surface area contributed by atoms with Gasteiger partial charge in [-0.15, -0.1) is 0 Å². The first-order valence-electron chi connectivity index (χ1n) is 7.39. The molecule has 0 bridgehead atoms. The molecule has 2 heterocycles. The molecule has 1 aliphatic rings. The van der Waals surface area contributed by atoms with Crippen molar-refractivity contribution >= 4 is 11.7 Å². The fraction of sp³-hybridized carbons (Fsp3) is 0.625. The number of carbonyl (C=O) groups excluding carboxylic acids is 2. The number of Topliss-reactive ketones (excluding diaryl/α,β-unsaturated/α-hetero) is 1. The third-order valence-electron chi connectivity index (χ3n) is 4.77. The van der Waals surface area contributed by atoms with Gasteiger partial charge < -0.3 is 9.88 Å². The summed E-state index contributed by atoms with van der Waals surface area (Å²) in [5.74, 6) is 0.196. The van der Waals surface area contributed by atoms with E-state index in [9.17, 15) is 9.59 Å². The van der Waals surface area contributed by atoms with Gasteiger partial charge in [0.1, 0.15) is 0 Å². The third-order valence-corrected chi connectivity index (χ3v) is 4.77. The predicted octanol–water partition coefficient (Wildman–Crippen LogP) is 1.28. The van der Waals surface area contributed by atoms with Crippen LogP contribution in [0.15, 0.2) is 6.07 Å². The van der Waals surface area contributed by atoms with E-state index in [-0.39, 0.29) is 17.1 Å². The van der Waals surface area contributed by atoms with Crippen molar-refractivity contribution < 1.29 is 9.59 Å². The van der Waals surface area contributed by atoms with Crippen LogP contribution in [-0.4, -0.2) is 47.8 Å². The molecule has 116 valence electrons. The number of aryl methyl sites for hydroxylation is 1. The number of likely N-dealkylation sites (tertiary alicyclic amines) is 1. The Morgan fingerprint density at radius 1 is 1.38 bits per heavy atom. The average molecular weight is 291 g/mol. The van der Waals surface area contributed by atoms with Gasteiger partial charge in [0, 0.05) is 37.6 Å². The molecule has 0 radical (unpaired) electrons.